The van der Waals surface area contributed by atoms with Crippen LogP contribution >= 0.6 is 0 Å². The number of carbonyl (C=O) groups is 1. The Labute approximate surface area is 126 Å². The third-order valence-electron chi connectivity index (χ3n) is 3.57. The summed E-state index contributed by atoms with van der Waals surface area (Å²) >= 11 is 0. The number of hydrogen-bond acceptors (Lipinski definition) is 4. The molecule has 0 atom stereocenters. The normalized spacial score (nSPS) is 12.1. The molecule has 0 saturated heterocycles. The number of carbonyl (C=O) groups excluding carboxylic acids is 1. The van der Waals surface area contributed by atoms with Crippen molar-refractivity contribution in [3.63, 3.8) is 0 Å². The molecule has 0 aliphatic heterocycles. The molecule has 1 aromatic rings. The highest BCUT2D eigenvalue weighted by Crippen LogP contribution is 2.19. The smallest absolute Gasteiger partial charge is 0.320 e. The first-order chi connectivity index (χ1) is 9.70. The number of aliphatic hydroxyl groups is 1. The fraction of sp³-hybridized carbons (Fsp3) is 0.667. The van der Waals surface area contributed by atoms with Crippen LogP contribution in [0.4, 0.5) is 10.6 Å². The molecular formula is C15H26N4O2. The molecular weight excluding hydrogens is 268 g/mol. The lowest BCUT2D eigenvalue weighted by Gasteiger charge is -2.25. The van der Waals surface area contributed by atoms with E-state index >= 15 is 0 Å². The molecule has 6 heteroatoms. The van der Waals surface area contributed by atoms with E-state index in [4.69, 9.17) is 0 Å². The van der Waals surface area contributed by atoms with Gasteiger partial charge in [0.2, 0.25) is 0 Å². The lowest BCUT2D eigenvalue weighted by atomic mass is 9.92. The van der Waals surface area contributed by atoms with E-state index in [9.17, 15) is 9.90 Å². The number of urea groups is 1. The summed E-state index contributed by atoms with van der Waals surface area (Å²) in [4.78, 5) is 11.8. The molecule has 2 amide bonds. The maximum atomic E-state index is 11.8. The molecule has 6 nitrogen and oxygen atoms in total. The molecule has 0 aromatic carbocycles. The minimum atomic E-state index is -0.862. The van der Waals surface area contributed by atoms with Crippen molar-refractivity contribution in [2.24, 2.45) is 0 Å². The van der Waals surface area contributed by atoms with E-state index in [1.54, 1.807) is 6.07 Å². The van der Waals surface area contributed by atoms with Crippen molar-refractivity contribution < 1.29 is 9.90 Å². The number of hydrogen-bond donors (Lipinski definition) is 3. The molecule has 0 fully saturated rings. The highest BCUT2D eigenvalue weighted by Gasteiger charge is 2.23. The molecule has 0 bridgehead atoms. The summed E-state index contributed by atoms with van der Waals surface area (Å²) in [6.07, 6.45) is 1.17. The van der Waals surface area contributed by atoms with Gasteiger partial charge in [0.05, 0.1) is 11.3 Å². The predicted octanol–water partition coefficient (Wildman–Crippen LogP) is 2.45. The van der Waals surface area contributed by atoms with E-state index in [1.807, 2.05) is 40.7 Å². The molecule has 0 unspecified atom stereocenters. The first kappa shape index (κ1) is 17.4. The first-order valence-electron chi connectivity index (χ1n) is 7.31. The van der Waals surface area contributed by atoms with Crippen LogP contribution in [0.2, 0.25) is 0 Å². The number of nitrogens with one attached hydrogen (secondary N) is 2. The Morgan fingerprint density at radius 2 is 1.81 bits per heavy atom. The van der Waals surface area contributed by atoms with E-state index < -0.39 is 11.6 Å². The zero-order valence-electron chi connectivity index (χ0n) is 13.5. The van der Waals surface area contributed by atoms with Gasteiger partial charge in [-0.25, -0.2) is 4.79 Å². The van der Waals surface area contributed by atoms with Crippen LogP contribution in [-0.4, -0.2) is 33.5 Å². The maximum Gasteiger partial charge on any atom is 0.320 e. The van der Waals surface area contributed by atoms with Crippen molar-refractivity contribution in [3.8, 4) is 0 Å². The standard InChI is InChI=1S/C15H26N4O2/c1-6-15(21,7-2)10-16-13(20)17-12-9-8-11(18-19-12)14(3,4)5/h8-9,21H,6-7,10H2,1-5H3,(H2,16,17,19,20). The molecule has 0 aliphatic carbocycles. The second-order valence-electron chi connectivity index (χ2n) is 6.29. The van der Waals surface area contributed by atoms with Gasteiger partial charge < -0.3 is 10.4 Å². The second-order valence-corrected chi connectivity index (χ2v) is 6.29. The highest BCUT2D eigenvalue weighted by atomic mass is 16.3. The molecule has 1 heterocycles. The van der Waals surface area contributed by atoms with Crippen molar-refractivity contribution in [2.45, 2.75) is 58.5 Å². The lowest BCUT2D eigenvalue weighted by Crippen LogP contribution is -2.43. The average Bonchev–Trinajstić information content (AvgIpc) is 2.44. The van der Waals surface area contributed by atoms with Gasteiger partial charge in [0.1, 0.15) is 0 Å². The lowest BCUT2D eigenvalue weighted by molar-refractivity contribution is 0.0354. The molecule has 0 saturated carbocycles. The third-order valence-corrected chi connectivity index (χ3v) is 3.57. The van der Waals surface area contributed by atoms with Crippen LogP contribution in [0.25, 0.3) is 0 Å². The summed E-state index contributed by atoms with van der Waals surface area (Å²) in [5, 5.41) is 23.4. The SMILES string of the molecule is CCC(O)(CC)CNC(=O)Nc1ccc(C(C)(C)C)nn1. The van der Waals surface area contributed by atoms with Crippen LogP contribution in [0.3, 0.4) is 0 Å². The third kappa shape index (κ3) is 5.30. The Hall–Kier alpha value is -1.69. The number of amides is 2. The van der Waals surface area contributed by atoms with Gasteiger partial charge in [-0.05, 0) is 25.0 Å². The van der Waals surface area contributed by atoms with Gasteiger partial charge in [-0.1, -0.05) is 34.6 Å². The zero-order chi connectivity index (χ0) is 16.1. The molecule has 0 spiro atoms. The van der Waals surface area contributed by atoms with Crippen molar-refractivity contribution in [3.05, 3.63) is 17.8 Å². The van der Waals surface area contributed by atoms with Crippen molar-refractivity contribution in [1.82, 2.24) is 15.5 Å². The Kier molecular flexibility index (Phi) is 5.66. The summed E-state index contributed by atoms with van der Waals surface area (Å²) < 4.78 is 0. The van der Waals surface area contributed by atoms with Crippen molar-refractivity contribution in [2.75, 3.05) is 11.9 Å². The quantitative estimate of drug-likeness (QED) is 0.778. The second kappa shape index (κ2) is 6.85. The molecule has 1 aromatic heterocycles. The van der Waals surface area contributed by atoms with Gasteiger partial charge in [-0.15, -0.1) is 5.10 Å². The Bertz CT molecular complexity index is 462. The van der Waals surface area contributed by atoms with E-state index in [0.717, 1.165) is 5.69 Å². The van der Waals surface area contributed by atoms with Crippen LogP contribution in [0.15, 0.2) is 12.1 Å². The Morgan fingerprint density at radius 1 is 1.19 bits per heavy atom. The number of aromatic nitrogens is 2. The topological polar surface area (TPSA) is 87.1 Å². The van der Waals surface area contributed by atoms with E-state index in [2.05, 4.69) is 20.8 Å². The van der Waals surface area contributed by atoms with Crippen LogP contribution in [-0.2, 0) is 5.41 Å². The number of anilines is 1. The Balaban J connectivity index is 2.56. The monoisotopic (exact) mass is 294 g/mol. The summed E-state index contributed by atoms with van der Waals surface area (Å²) in [6, 6.07) is 3.17. The summed E-state index contributed by atoms with van der Waals surface area (Å²) in [6.45, 7) is 10.1. The van der Waals surface area contributed by atoms with E-state index in [-0.39, 0.29) is 12.0 Å². The number of nitrogens with zero attached hydrogens (tertiary/aromatic N) is 2. The van der Waals surface area contributed by atoms with E-state index in [0.29, 0.717) is 18.7 Å². The van der Waals surface area contributed by atoms with Gasteiger partial charge in [0.25, 0.3) is 0 Å². The van der Waals surface area contributed by atoms with Gasteiger partial charge in [0, 0.05) is 12.0 Å². The molecule has 1 rings (SSSR count). The Morgan fingerprint density at radius 3 is 2.24 bits per heavy atom. The fourth-order valence-electron chi connectivity index (χ4n) is 1.70. The maximum absolute atomic E-state index is 11.8. The average molecular weight is 294 g/mol. The predicted molar refractivity (Wildman–Crippen MR) is 83.3 cm³/mol. The van der Waals surface area contributed by atoms with E-state index in [1.165, 1.54) is 0 Å². The van der Waals surface area contributed by atoms with Crippen LogP contribution in [0.1, 0.15) is 53.2 Å². The molecule has 118 valence electrons. The summed E-state index contributed by atoms with van der Waals surface area (Å²) in [7, 11) is 0. The summed E-state index contributed by atoms with van der Waals surface area (Å²) in [5.74, 6) is 0.386. The molecule has 0 aliphatic rings. The zero-order valence-corrected chi connectivity index (χ0v) is 13.5. The first-order valence-corrected chi connectivity index (χ1v) is 7.31. The van der Waals surface area contributed by atoms with Gasteiger partial charge in [-0.3, -0.25) is 5.32 Å². The minimum Gasteiger partial charge on any atom is -0.388 e. The molecule has 3 N–H and O–H groups in total. The van der Waals surface area contributed by atoms with Crippen molar-refractivity contribution >= 4 is 11.8 Å². The molecule has 0 radical (unpaired) electrons. The van der Waals surface area contributed by atoms with Crippen LogP contribution in [0, 0.1) is 0 Å². The fourth-order valence-corrected chi connectivity index (χ4v) is 1.70. The van der Waals surface area contributed by atoms with Gasteiger partial charge in [-0.2, -0.15) is 5.10 Å². The van der Waals surface area contributed by atoms with Crippen LogP contribution in [0.5, 0.6) is 0 Å². The van der Waals surface area contributed by atoms with Gasteiger partial charge in [0.15, 0.2) is 5.82 Å². The highest BCUT2D eigenvalue weighted by molar-refractivity contribution is 5.88. The minimum absolute atomic E-state index is 0.0769. The largest absolute Gasteiger partial charge is 0.388 e. The number of rotatable bonds is 5. The summed E-state index contributed by atoms with van der Waals surface area (Å²) in [5.41, 5.74) is -0.0779. The van der Waals surface area contributed by atoms with Gasteiger partial charge >= 0.3 is 6.03 Å². The molecule has 21 heavy (non-hydrogen) atoms. The van der Waals surface area contributed by atoms with Crippen molar-refractivity contribution in [1.29, 1.82) is 0 Å². The van der Waals surface area contributed by atoms with Crippen LogP contribution < -0.4 is 10.6 Å².